The minimum atomic E-state index is -0.658. The summed E-state index contributed by atoms with van der Waals surface area (Å²) in [7, 11) is 3.70. The van der Waals surface area contributed by atoms with Crippen molar-refractivity contribution in [3.63, 3.8) is 0 Å². The second-order valence-corrected chi connectivity index (χ2v) is 6.61. The molecule has 0 spiro atoms. The van der Waals surface area contributed by atoms with Crippen LogP contribution in [0.25, 0.3) is 0 Å². The maximum atomic E-state index is 13.5. The Bertz CT molecular complexity index is 609. The molecule has 0 N–H and O–H groups in total. The molecule has 0 aliphatic rings. The van der Waals surface area contributed by atoms with E-state index in [1.54, 1.807) is 4.90 Å². The number of amides is 1. The van der Waals surface area contributed by atoms with Gasteiger partial charge in [0.2, 0.25) is 5.91 Å². The molecule has 0 radical (unpaired) electrons. The van der Waals surface area contributed by atoms with Crippen LogP contribution in [0.4, 0.5) is 0 Å². The van der Waals surface area contributed by atoms with Crippen molar-refractivity contribution in [3.05, 3.63) is 71.8 Å². The number of benzene rings is 2. The SMILES string of the molecule is CCN(CC)CCC(C(=O)N(C)C)(c1ccccc1)c1ccccc1. The minimum absolute atomic E-state index is 0.136. The Hall–Kier alpha value is -2.13. The van der Waals surface area contributed by atoms with Crippen molar-refractivity contribution in [3.8, 4) is 0 Å². The van der Waals surface area contributed by atoms with Crippen LogP contribution in [0, 0.1) is 0 Å². The largest absolute Gasteiger partial charge is 0.348 e. The van der Waals surface area contributed by atoms with E-state index in [-0.39, 0.29) is 5.91 Å². The van der Waals surface area contributed by atoms with E-state index >= 15 is 0 Å². The van der Waals surface area contributed by atoms with Gasteiger partial charge in [0.05, 0.1) is 0 Å². The number of likely N-dealkylation sites (N-methyl/N-ethyl adjacent to an activating group) is 1. The van der Waals surface area contributed by atoms with E-state index in [1.165, 1.54) is 0 Å². The second-order valence-electron chi connectivity index (χ2n) is 6.61. The molecule has 1 amide bonds. The van der Waals surface area contributed by atoms with Gasteiger partial charge in [-0.3, -0.25) is 4.79 Å². The van der Waals surface area contributed by atoms with E-state index in [0.717, 1.165) is 37.2 Å². The summed E-state index contributed by atoms with van der Waals surface area (Å²) in [6.07, 6.45) is 0.764. The summed E-state index contributed by atoms with van der Waals surface area (Å²) in [6, 6.07) is 20.4. The third-order valence-corrected chi connectivity index (χ3v) is 5.00. The van der Waals surface area contributed by atoms with Gasteiger partial charge < -0.3 is 9.80 Å². The summed E-state index contributed by atoms with van der Waals surface area (Å²) in [6.45, 7) is 7.21. The zero-order valence-electron chi connectivity index (χ0n) is 15.9. The minimum Gasteiger partial charge on any atom is -0.348 e. The summed E-state index contributed by atoms with van der Waals surface area (Å²) in [5.41, 5.74) is 1.47. The predicted octanol–water partition coefficient (Wildman–Crippen LogP) is 3.79. The molecule has 0 saturated carbocycles. The Balaban J connectivity index is 2.59. The maximum Gasteiger partial charge on any atom is 0.237 e. The standard InChI is InChI=1S/C22H30N2O/c1-5-24(6-2)18-17-22(21(25)23(3)4,19-13-9-7-10-14-19)20-15-11-8-12-16-20/h7-16H,5-6,17-18H2,1-4H3. The van der Waals surface area contributed by atoms with Gasteiger partial charge in [-0.2, -0.15) is 0 Å². The summed E-state index contributed by atoms with van der Waals surface area (Å²) in [5.74, 6) is 0.136. The molecule has 25 heavy (non-hydrogen) atoms. The van der Waals surface area contributed by atoms with Crippen LogP contribution in [0.3, 0.4) is 0 Å². The first-order valence-corrected chi connectivity index (χ1v) is 9.11. The first-order chi connectivity index (χ1) is 12.1. The first kappa shape index (κ1) is 19.2. The lowest BCUT2D eigenvalue weighted by atomic mass is 9.70. The highest BCUT2D eigenvalue weighted by Crippen LogP contribution is 2.37. The monoisotopic (exact) mass is 338 g/mol. The highest BCUT2D eigenvalue weighted by molar-refractivity contribution is 5.91. The van der Waals surface area contributed by atoms with E-state index in [0.29, 0.717) is 0 Å². The summed E-state index contributed by atoms with van der Waals surface area (Å²) in [5, 5.41) is 0. The molecule has 0 fully saturated rings. The molecule has 0 unspecified atom stereocenters. The molecule has 2 aromatic carbocycles. The predicted molar refractivity (Wildman–Crippen MR) is 105 cm³/mol. The van der Waals surface area contributed by atoms with E-state index in [4.69, 9.17) is 0 Å². The first-order valence-electron chi connectivity index (χ1n) is 9.11. The quantitative estimate of drug-likeness (QED) is 0.731. The van der Waals surface area contributed by atoms with Gasteiger partial charge in [-0.15, -0.1) is 0 Å². The lowest BCUT2D eigenvalue weighted by Crippen LogP contribution is -2.47. The van der Waals surface area contributed by atoms with Crippen LogP contribution in [0.5, 0.6) is 0 Å². The molecule has 2 aromatic rings. The highest BCUT2D eigenvalue weighted by atomic mass is 16.2. The Labute approximate surface area is 152 Å². The molecule has 3 nitrogen and oxygen atoms in total. The number of hydrogen-bond acceptors (Lipinski definition) is 2. The fourth-order valence-electron chi connectivity index (χ4n) is 3.50. The molecule has 0 saturated heterocycles. The highest BCUT2D eigenvalue weighted by Gasteiger charge is 2.42. The van der Waals surface area contributed by atoms with E-state index in [9.17, 15) is 4.79 Å². The molecule has 2 rings (SSSR count). The van der Waals surface area contributed by atoms with Crippen molar-refractivity contribution < 1.29 is 4.79 Å². The van der Waals surface area contributed by atoms with E-state index in [2.05, 4.69) is 43.0 Å². The second kappa shape index (κ2) is 8.82. The van der Waals surface area contributed by atoms with Gasteiger partial charge in [0, 0.05) is 14.1 Å². The molecule has 0 heterocycles. The van der Waals surface area contributed by atoms with Crippen molar-refractivity contribution in [2.24, 2.45) is 0 Å². The van der Waals surface area contributed by atoms with Crippen LogP contribution < -0.4 is 0 Å². The van der Waals surface area contributed by atoms with Crippen molar-refractivity contribution in [1.29, 1.82) is 0 Å². The number of rotatable bonds is 8. The number of carbonyl (C=O) groups excluding carboxylic acids is 1. The van der Waals surface area contributed by atoms with Crippen LogP contribution in [0.15, 0.2) is 60.7 Å². The summed E-state index contributed by atoms with van der Waals surface area (Å²) >= 11 is 0. The molecule has 0 aliphatic heterocycles. The molecular formula is C22H30N2O. The number of hydrogen-bond donors (Lipinski definition) is 0. The molecule has 0 bridgehead atoms. The summed E-state index contributed by atoms with van der Waals surface area (Å²) < 4.78 is 0. The number of nitrogens with zero attached hydrogens (tertiary/aromatic N) is 2. The van der Waals surface area contributed by atoms with Crippen LogP contribution in [-0.4, -0.2) is 49.4 Å². The average Bonchev–Trinajstić information content (AvgIpc) is 2.66. The lowest BCUT2D eigenvalue weighted by molar-refractivity contribution is -0.133. The topological polar surface area (TPSA) is 23.6 Å². The van der Waals surface area contributed by atoms with Crippen molar-refractivity contribution >= 4 is 5.91 Å². The van der Waals surface area contributed by atoms with Gasteiger partial charge in [-0.1, -0.05) is 74.5 Å². The van der Waals surface area contributed by atoms with Gasteiger partial charge in [0.15, 0.2) is 0 Å². The van der Waals surface area contributed by atoms with Crippen molar-refractivity contribution in [2.75, 3.05) is 33.7 Å². The Morgan fingerprint density at radius 3 is 1.64 bits per heavy atom. The molecule has 3 heteroatoms. The van der Waals surface area contributed by atoms with Crippen LogP contribution in [0.2, 0.25) is 0 Å². The third kappa shape index (κ3) is 4.10. The average molecular weight is 338 g/mol. The Kier molecular flexibility index (Phi) is 6.77. The van der Waals surface area contributed by atoms with Gasteiger partial charge in [-0.25, -0.2) is 0 Å². The fraction of sp³-hybridized carbons (Fsp3) is 0.409. The zero-order valence-corrected chi connectivity index (χ0v) is 15.9. The Morgan fingerprint density at radius 1 is 0.840 bits per heavy atom. The maximum absolute atomic E-state index is 13.5. The van der Waals surface area contributed by atoms with Crippen LogP contribution >= 0.6 is 0 Å². The molecule has 0 atom stereocenters. The third-order valence-electron chi connectivity index (χ3n) is 5.00. The van der Waals surface area contributed by atoms with Crippen molar-refractivity contribution in [2.45, 2.75) is 25.7 Å². The normalized spacial score (nSPS) is 11.6. The smallest absolute Gasteiger partial charge is 0.237 e. The van der Waals surface area contributed by atoms with E-state index < -0.39 is 5.41 Å². The van der Waals surface area contributed by atoms with Gasteiger partial charge >= 0.3 is 0 Å². The van der Waals surface area contributed by atoms with E-state index in [1.807, 2.05) is 50.5 Å². The van der Waals surface area contributed by atoms with Crippen LogP contribution in [-0.2, 0) is 10.2 Å². The van der Waals surface area contributed by atoms with Gasteiger partial charge in [0.25, 0.3) is 0 Å². The zero-order chi connectivity index (χ0) is 18.3. The molecule has 134 valence electrons. The lowest BCUT2D eigenvalue weighted by Gasteiger charge is -2.37. The van der Waals surface area contributed by atoms with Crippen LogP contribution in [0.1, 0.15) is 31.4 Å². The summed E-state index contributed by atoms with van der Waals surface area (Å²) in [4.78, 5) is 17.6. The van der Waals surface area contributed by atoms with Crippen molar-refractivity contribution in [1.82, 2.24) is 9.80 Å². The Morgan fingerprint density at radius 2 is 1.28 bits per heavy atom. The molecule has 0 aromatic heterocycles. The molecule has 0 aliphatic carbocycles. The molecular weight excluding hydrogens is 308 g/mol. The number of carbonyl (C=O) groups is 1. The van der Waals surface area contributed by atoms with Gasteiger partial charge in [-0.05, 0) is 37.2 Å². The fourth-order valence-corrected chi connectivity index (χ4v) is 3.50. The van der Waals surface area contributed by atoms with Gasteiger partial charge in [0.1, 0.15) is 5.41 Å².